The highest BCUT2D eigenvalue weighted by Gasteiger charge is 2.04. The molecule has 0 aliphatic heterocycles. The third-order valence-corrected chi connectivity index (χ3v) is 2.89. The molecular formula is C10H12Br2. The van der Waals surface area contributed by atoms with Gasteiger partial charge in [-0.25, -0.2) is 0 Å². The topological polar surface area (TPSA) is 0 Å². The molecule has 0 saturated carbocycles. The summed E-state index contributed by atoms with van der Waals surface area (Å²) in [6.45, 7) is 4.27. The Morgan fingerprint density at radius 2 is 1.42 bits per heavy atom. The van der Waals surface area contributed by atoms with Gasteiger partial charge in [0.2, 0.25) is 0 Å². The molecule has 12 heavy (non-hydrogen) atoms. The van der Waals surface area contributed by atoms with Gasteiger partial charge >= 0.3 is 0 Å². The van der Waals surface area contributed by atoms with Crippen molar-refractivity contribution in [3.63, 3.8) is 0 Å². The molecule has 0 amide bonds. The molecule has 0 aliphatic rings. The summed E-state index contributed by atoms with van der Waals surface area (Å²) < 4.78 is 0. The fourth-order valence-corrected chi connectivity index (χ4v) is 1.62. The summed E-state index contributed by atoms with van der Waals surface area (Å²) >= 11 is 7.10. The zero-order valence-electron chi connectivity index (χ0n) is 7.22. The van der Waals surface area contributed by atoms with Crippen LogP contribution in [-0.4, -0.2) is 0 Å². The minimum absolute atomic E-state index is 0.434. The van der Waals surface area contributed by atoms with Gasteiger partial charge < -0.3 is 0 Å². The molecule has 0 aliphatic carbocycles. The van der Waals surface area contributed by atoms with Crippen LogP contribution in [-0.2, 0) is 0 Å². The van der Waals surface area contributed by atoms with Gasteiger partial charge in [0.15, 0.2) is 0 Å². The maximum atomic E-state index is 3.55. The second-order valence-electron chi connectivity index (χ2n) is 2.90. The van der Waals surface area contributed by atoms with Crippen molar-refractivity contribution < 1.29 is 0 Å². The predicted molar refractivity (Wildman–Crippen MR) is 61.1 cm³/mol. The molecular weight excluding hydrogens is 280 g/mol. The minimum atomic E-state index is 0.434. The van der Waals surface area contributed by atoms with Crippen LogP contribution < -0.4 is 0 Å². The van der Waals surface area contributed by atoms with Crippen LogP contribution in [0.3, 0.4) is 0 Å². The monoisotopic (exact) mass is 290 g/mol. The quantitative estimate of drug-likeness (QED) is 0.699. The maximum absolute atomic E-state index is 3.55. The molecule has 66 valence electrons. The van der Waals surface area contributed by atoms with Crippen molar-refractivity contribution in [3.8, 4) is 0 Å². The number of hydrogen-bond donors (Lipinski definition) is 0. The highest BCUT2D eigenvalue weighted by atomic mass is 79.9. The molecule has 1 rings (SSSR count). The molecule has 0 saturated heterocycles. The minimum Gasteiger partial charge on any atom is -0.0842 e. The van der Waals surface area contributed by atoms with Crippen molar-refractivity contribution in [3.05, 3.63) is 35.4 Å². The lowest BCUT2D eigenvalue weighted by molar-refractivity contribution is 1.07. The molecule has 1 aromatic carbocycles. The van der Waals surface area contributed by atoms with Crippen LogP contribution in [0.4, 0.5) is 0 Å². The molecule has 2 atom stereocenters. The van der Waals surface area contributed by atoms with Gasteiger partial charge in [-0.05, 0) is 25.0 Å². The van der Waals surface area contributed by atoms with Gasteiger partial charge in [-0.3, -0.25) is 0 Å². The fraction of sp³-hybridized carbons (Fsp3) is 0.400. The second kappa shape index (κ2) is 4.43. The van der Waals surface area contributed by atoms with E-state index in [0.717, 1.165) is 0 Å². The van der Waals surface area contributed by atoms with E-state index in [1.807, 2.05) is 0 Å². The van der Waals surface area contributed by atoms with Gasteiger partial charge in [-0.1, -0.05) is 56.1 Å². The highest BCUT2D eigenvalue weighted by Crippen LogP contribution is 2.27. The van der Waals surface area contributed by atoms with E-state index in [9.17, 15) is 0 Å². The Hall–Kier alpha value is 0.180. The van der Waals surface area contributed by atoms with E-state index in [1.54, 1.807) is 0 Å². The van der Waals surface area contributed by atoms with Gasteiger partial charge in [0.25, 0.3) is 0 Å². The summed E-state index contributed by atoms with van der Waals surface area (Å²) in [4.78, 5) is 0.868. The van der Waals surface area contributed by atoms with E-state index in [2.05, 4.69) is 70.0 Å². The van der Waals surface area contributed by atoms with Gasteiger partial charge in [-0.15, -0.1) is 0 Å². The molecule has 0 N–H and O–H groups in total. The molecule has 0 aromatic heterocycles. The lowest BCUT2D eigenvalue weighted by Gasteiger charge is -2.08. The molecule has 0 nitrogen and oxygen atoms in total. The Morgan fingerprint density at radius 3 is 1.75 bits per heavy atom. The zero-order valence-corrected chi connectivity index (χ0v) is 10.4. The number of hydrogen-bond acceptors (Lipinski definition) is 0. The van der Waals surface area contributed by atoms with Crippen LogP contribution in [0.15, 0.2) is 24.3 Å². The van der Waals surface area contributed by atoms with Crippen molar-refractivity contribution in [1.29, 1.82) is 0 Å². The molecule has 0 heterocycles. The van der Waals surface area contributed by atoms with Gasteiger partial charge in [0.05, 0.1) is 0 Å². The average Bonchev–Trinajstić information content (AvgIpc) is 2.04. The van der Waals surface area contributed by atoms with Crippen LogP contribution in [0.5, 0.6) is 0 Å². The van der Waals surface area contributed by atoms with E-state index in [4.69, 9.17) is 0 Å². The summed E-state index contributed by atoms with van der Waals surface area (Å²) in [6, 6.07) is 8.59. The number of benzene rings is 1. The Bertz CT molecular complexity index is 231. The average molecular weight is 292 g/mol. The van der Waals surface area contributed by atoms with Gasteiger partial charge in [0.1, 0.15) is 0 Å². The maximum Gasteiger partial charge on any atom is 0.0367 e. The van der Waals surface area contributed by atoms with Crippen LogP contribution >= 0.6 is 31.9 Å². The Morgan fingerprint density at radius 1 is 1.00 bits per heavy atom. The van der Waals surface area contributed by atoms with Gasteiger partial charge in [-0.2, -0.15) is 0 Å². The van der Waals surface area contributed by atoms with Gasteiger partial charge in [0, 0.05) is 9.65 Å². The predicted octanol–water partition coefficient (Wildman–Crippen LogP) is 4.60. The number of alkyl halides is 2. The first-order valence-corrected chi connectivity index (χ1v) is 5.82. The van der Waals surface area contributed by atoms with E-state index < -0.39 is 0 Å². The van der Waals surface area contributed by atoms with Crippen LogP contribution in [0, 0.1) is 0 Å². The molecule has 2 unspecified atom stereocenters. The standard InChI is InChI=1S/C10H12Br2/c1-7(11)9-4-3-5-10(6-9)8(2)12/h3-8H,1-2H3. The van der Waals surface area contributed by atoms with Crippen molar-refractivity contribution in [2.75, 3.05) is 0 Å². The molecule has 1 aromatic rings. The molecule has 2 heteroatoms. The van der Waals surface area contributed by atoms with Crippen LogP contribution in [0.1, 0.15) is 34.6 Å². The van der Waals surface area contributed by atoms with Crippen LogP contribution in [0.25, 0.3) is 0 Å². The first-order chi connectivity index (χ1) is 5.61. The molecule has 0 radical (unpaired) electrons. The Balaban J connectivity index is 2.96. The third kappa shape index (κ3) is 2.60. The first-order valence-electron chi connectivity index (χ1n) is 3.99. The molecule has 0 fully saturated rings. The number of rotatable bonds is 2. The number of halogens is 2. The third-order valence-electron chi connectivity index (χ3n) is 1.83. The van der Waals surface area contributed by atoms with Crippen molar-refractivity contribution in [2.24, 2.45) is 0 Å². The lowest BCUT2D eigenvalue weighted by Crippen LogP contribution is -1.88. The van der Waals surface area contributed by atoms with E-state index >= 15 is 0 Å². The van der Waals surface area contributed by atoms with Crippen LogP contribution in [0.2, 0.25) is 0 Å². The normalized spacial score (nSPS) is 15.7. The van der Waals surface area contributed by atoms with Crippen molar-refractivity contribution in [2.45, 2.75) is 23.5 Å². The Labute approximate surface area is 90.6 Å². The summed E-state index contributed by atoms with van der Waals surface area (Å²) in [5, 5.41) is 0. The fourth-order valence-electron chi connectivity index (χ4n) is 1.05. The van der Waals surface area contributed by atoms with Crippen molar-refractivity contribution >= 4 is 31.9 Å². The summed E-state index contributed by atoms with van der Waals surface area (Å²) in [5.74, 6) is 0. The van der Waals surface area contributed by atoms with E-state index in [-0.39, 0.29) is 0 Å². The SMILES string of the molecule is CC(Br)c1cccc(C(C)Br)c1. The molecule has 0 bridgehead atoms. The van der Waals surface area contributed by atoms with E-state index in [0.29, 0.717) is 9.65 Å². The lowest BCUT2D eigenvalue weighted by atomic mass is 10.1. The smallest absolute Gasteiger partial charge is 0.0367 e. The first kappa shape index (κ1) is 10.3. The van der Waals surface area contributed by atoms with E-state index in [1.165, 1.54) is 11.1 Å². The molecule has 0 spiro atoms. The van der Waals surface area contributed by atoms with Crippen molar-refractivity contribution in [1.82, 2.24) is 0 Å². The summed E-state index contributed by atoms with van der Waals surface area (Å²) in [5.41, 5.74) is 2.66. The summed E-state index contributed by atoms with van der Waals surface area (Å²) in [6.07, 6.45) is 0. The Kier molecular flexibility index (Phi) is 3.78. The second-order valence-corrected chi connectivity index (χ2v) is 5.65. The summed E-state index contributed by atoms with van der Waals surface area (Å²) in [7, 11) is 0. The highest BCUT2D eigenvalue weighted by molar-refractivity contribution is 9.09. The largest absolute Gasteiger partial charge is 0.0842 e. The zero-order chi connectivity index (χ0) is 9.14.